The van der Waals surface area contributed by atoms with Crippen LogP contribution in [0, 0.1) is 18.3 Å². The van der Waals surface area contributed by atoms with Crippen molar-refractivity contribution < 1.29 is 19.4 Å². The number of carboxylic acids is 1. The Bertz CT molecular complexity index is 1170. The third-order valence-corrected chi connectivity index (χ3v) is 7.84. The molecule has 0 saturated carbocycles. The maximum Gasteiger partial charge on any atom is 0.335 e. The largest absolute Gasteiger partial charge is 0.478 e. The minimum absolute atomic E-state index is 0.0932. The van der Waals surface area contributed by atoms with E-state index in [9.17, 15) is 9.59 Å². The van der Waals surface area contributed by atoms with E-state index < -0.39 is 5.97 Å². The summed E-state index contributed by atoms with van der Waals surface area (Å²) < 4.78 is 5.85. The number of amides is 1. The van der Waals surface area contributed by atoms with Gasteiger partial charge in [0.05, 0.1) is 17.7 Å². The van der Waals surface area contributed by atoms with Gasteiger partial charge in [0.2, 0.25) is 0 Å². The van der Waals surface area contributed by atoms with Gasteiger partial charge in [-0.2, -0.15) is 0 Å². The highest BCUT2D eigenvalue weighted by molar-refractivity contribution is 6.29. The Morgan fingerprint density at radius 3 is 2.61 bits per heavy atom. The van der Waals surface area contributed by atoms with Crippen LogP contribution in [-0.4, -0.2) is 67.3 Å². The smallest absolute Gasteiger partial charge is 0.335 e. The van der Waals surface area contributed by atoms with E-state index in [-0.39, 0.29) is 16.9 Å². The van der Waals surface area contributed by atoms with E-state index in [1.54, 1.807) is 18.3 Å². The number of ether oxygens (including phenoxy) is 1. The molecule has 2 aliphatic heterocycles. The summed E-state index contributed by atoms with van der Waals surface area (Å²) >= 11 is 6.50. The molecule has 2 saturated heterocycles. The van der Waals surface area contributed by atoms with Crippen LogP contribution < -0.4 is 10.2 Å². The number of rotatable bonds is 7. The summed E-state index contributed by atoms with van der Waals surface area (Å²) in [5, 5.41) is 12.7. The summed E-state index contributed by atoms with van der Waals surface area (Å²) in [5.41, 5.74) is 3.33. The number of aryl methyl sites for hydroxylation is 1. The second kappa shape index (κ2) is 10.5. The fourth-order valence-corrected chi connectivity index (χ4v) is 5.23. The first-order chi connectivity index (χ1) is 17.1. The second-order valence-corrected chi connectivity index (χ2v) is 10.5. The van der Waals surface area contributed by atoms with E-state index in [0.717, 1.165) is 48.8 Å². The van der Waals surface area contributed by atoms with E-state index in [1.165, 1.54) is 12.1 Å². The van der Waals surface area contributed by atoms with Crippen molar-refractivity contribution >= 4 is 35.0 Å². The molecule has 2 fully saturated rings. The van der Waals surface area contributed by atoms with Crippen LogP contribution in [0.15, 0.2) is 47.3 Å². The average Bonchev–Trinajstić information content (AvgIpc) is 2.83. The number of carbonyl (C=O) groups is 2. The predicted octanol–water partition coefficient (Wildman–Crippen LogP) is 4.61. The molecule has 1 amide bonds. The van der Waals surface area contributed by atoms with Crippen molar-refractivity contribution in [1.29, 1.82) is 0 Å². The number of benzene rings is 1. The Morgan fingerprint density at radius 1 is 1.28 bits per heavy atom. The maximum absolute atomic E-state index is 13.2. The lowest BCUT2D eigenvalue weighted by Crippen LogP contribution is -2.63. The summed E-state index contributed by atoms with van der Waals surface area (Å²) in [5.74, 6) is -0.280. The highest BCUT2D eigenvalue weighted by Gasteiger charge is 2.51. The van der Waals surface area contributed by atoms with Gasteiger partial charge in [-0.25, -0.2) is 9.78 Å². The zero-order valence-corrected chi connectivity index (χ0v) is 21.9. The van der Waals surface area contributed by atoms with Gasteiger partial charge in [0.1, 0.15) is 11.0 Å². The number of pyridine rings is 1. The van der Waals surface area contributed by atoms with Crippen molar-refractivity contribution in [2.75, 3.05) is 50.6 Å². The van der Waals surface area contributed by atoms with Crippen LogP contribution in [0.1, 0.15) is 46.0 Å². The van der Waals surface area contributed by atoms with Crippen LogP contribution in [0.5, 0.6) is 0 Å². The fourth-order valence-electron chi connectivity index (χ4n) is 5.15. The number of hydrogen-bond donors (Lipinski definition) is 2. The third kappa shape index (κ3) is 5.34. The lowest BCUT2D eigenvalue weighted by atomic mass is 9.64. The molecule has 2 aromatic rings. The lowest BCUT2D eigenvalue weighted by Gasteiger charge is -2.57. The van der Waals surface area contributed by atoms with Crippen molar-refractivity contribution in [3.05, 3.63) is 63.9 Å². The molecular formula is C27H33ClN4O4. The molecule has 0 radical (unpaired) electrons. The van der Waals surface area contributed by atoms with Gasteiger partial charge in [0.25, 0.3) is 5.91 Å². The molecule has 0 aliphatic carbocycles. The molecule has 3 heterocycles. The van der Waals surface area contributed by atoms with Gasteiger partial charge in [-0.05, 0) is 74.1 Å². The Kier molecular flexibility index (Phi) is 7.57. The van der Waals surface area contributed by atoms with Crippen LogP contribution in [0.2, 0.25) is 0 Å². The Labute approximate surface area is 216 Å². The molecule has 36 heavy (non-hydrogen) atoms. The molecule has 0 bridgehead atoms. The second-order valence-electron chi connectivity index (χ2n) is 10.1. The van der Waals surface area contributed by atoms with Gasteiger partial charge in [0, 0.05) is 51.1 Å². The van der Waals surface area contributed by atoms with E-state index in [2.05, 4.69) is 22.1 Å². The quantitative estimate of drug-likeness (QED) is 0.523. The van der Waals surface area contributed by atoms with Crippen molar-refractivity contribution in [2.45, 2.75) is 26.7 Å². The number of hydrogen-bond acceptors (Lipinski definition) is 6. The van der Waals surface area contributed by atoms with Crippen molar-refractivity contribution in [2.24, 2.45) is 11.3 Å². The molecule has 8 nitrogen and oxygen atoms in total. The number of halogens is 1. The molecule has 1 spiro atoms. The standard InChI is InChI=1S/C27H33ClN4O4/c1-17-11-22(25(33)30-21-7-5-19(6-8-21)26(34)35)24(29-13-17)32-15-27(16-32)9-10-36-14-20(27)12-18(2)23(28)31(3)4/h5-8,11,13,20H,9-10,12,14-16H2,1-4H3,(H,30,33)(H,34,35)/b23-18+. The first kappa shape index (κ1) is 26.0. The number of aromatic nitrogens is 1. The van der Waals surface area contributed by atoms with Crippen molar-refractivity contribution in [1.82, 2.24) is 9.88 Å². The molecule has 1 unspecified atom stereocenters. The third-order valence-electron chi connectivity index (χ3n) is 7.18. The topological polar surface area (TPSA) is 95.0 Å². The van der Waals surface area contributed by atoms with E-state index in [4.69, 9.17) is 21.4 Å². The first-order valence-electron chi connectivity index (χ1n) is 12.1. The molecular weight excluding hydrogens is 480 g/mol. The Hall–Kier alpha value is -3.10. The van der Waals surface area contributed by atoms with Crippen LogP contribution in [0.3, 0.4) is 0 Å². The van der Waals surface area contributed by atoms with Crippen LogP contribution in [0.4, 0.5) is 11.5 Å². The highest BCUT2D eigenvalue weighted by Crippen LogP contribution is 2.48. The van der Waals surface area contributed by atoms with Crippen LogP contribution >= 0.6 is 11.6 Å². The summed E-state index contributed by atoms with van der Waals surface area (Å²) in [6, 6.07) is 7.96. The minimum atomic E-state index is -1.01. The molecule has 2 aliphatic rings. The zero-order valence-electron chi connectivity index (χ0n) is 21.2. The molecule has 9 heteroatoms. The van der Waals surface area contributed by atoms with E-state index in [0.29, 0.717) is 29.6 Å². The number of carboxylic acid groups (broad SMARTS) is 1. The van der Waals surface area contributed by atoms with Gasteiger partial charge in [-0.1, -0.05) is 11.6 Å². The van der Waals surface area contributed by atoms with E-state index in [1.807, 2.05) is 32.0 Å². The van der Waals surface area contributed by atoms with Gasteiger partial charge in [-0.3, -0.25) is 4.79 Å². The number of nitrogens with zero attached hydrogens (tertiary/aromatic N) is 3. The number of carbonyl (C=O) groups excluding carboxylic acids is 1. The first-order valence-corrected chi connectivity index (χ1v) is 12.4. The monoisotopic (exact) mass is 512 g/mol. The highest BCUT2D eigenvalue weighted by atomic mass is 35.5. The van der Waals surface area contributed by atoms with Crippen molar-refractivity contribution in [3.8, 4) is 0 Å². The van der Waals surface area contributed by atoms with Gasteiger partial charge in [-0.15, -0.1) is 0 Å². The summed E-state index contributed by atoms with van der Waals surface area (Å²) in [6.45, 7) is 7.02. The Morgan fingerprint density at radius 2 is 1.97 bits per heavy atom. The van der Waals surface area contributed by atoms with Gasteiger partial charge in [0.15, 0.2) is 0 Å². The predicted molar refractivity (Wildman–Crippen MR) is 141 cm³/mol. The maximum atomic E-state index is 13.2. The molecule has 1 atom stereocenters. The van der Waals surface area contributed by atoms with Crippen molar-refractivity contribution in [3.63, 3.8) is 0 Å². The number of nitrogens with one attached hydrogen (secondary N) is 1. The molecule has 1 aromatic carbocycles. The van der Waals surface area contributed by atoms with Gasteiger partial charge >= 0.3 is 5.97 Å². The fraction of sp³-hybridized carbons (Fsp3) is 0.444. The van der Waals surface area contributed by atoms with Crippen LogP contribution in [0.25, 0.3) is 0 Å². The van der Waals surface area contributed by atoms with Gasteiger partial charge < -0.3 is 25.0 Å². The Balaban J connectivity index is 1.51. The van der Waals surface area contributed by atoms with E-state index >= 15 is 0 Å². The zero-order chi connectivity index (χ0) is 26.0. The normalized spacial score (nSPS) is 19.4. The lowest BCUT2D eigenvalue weighted by molar-refractivity contribution is -0.0565. The molecule has 192 valence electrons. The number of anilines is 2. The molecule has 4 rings (SSSR count). The summed E-state index contributed by atoms with van der Waals surface area (Å²) in [6.07, 6.45) is 3.61. The minimum Gasteiger partial charge on any atom is -0.478 e. The molecule has 1 aromatic heterocycles. The molecule has 2 N–H and O–H groups in total. The number of aromatic carboxylic acids is 1. The summed E-state index contributed by atoms with van der Waals surface area (Å²) in [4.78, 5) is 33.1. The number of allylic oxidation sites excluding steroid dienone is 1. The van der Waals surface area contributed by atoms with Crippen LogP contribution in [-0.2, 0) is 4.74 Å². The summed E-state index contributed by atoms with van der Waals surface area (Å²) in [7, 11) is 3.89. The average molecular weight is 513 g/mol. The SMILES string of the molecule is C/C(CC1COCCC12CN(c1ncc(C)cc1C(=O)Nc1ccc(C(=O)O)cc1)C2)=C(/Cl)N(C)C.